The molecule has 0 aromatic carbocycles. The Hall–Kier alpha value is 0.194. The van der Waals surface area contributed by atoms with E-state index < -0.39 is 17.6 Å². The average Bonchev–Trinajstić information content (AvgIpc) is 2.69. The van der Waals surface area contributed by atoms with E-state index in [1.54, 1.807) is 0 Å². The lowest BCUT2D eigenvalue weighted by atomic mass is 10.5. The number of hydrogen-bond donors (Lipinski definition) is 0. The van der Waals surface area contributed by atoms with Gasteiger partial charge in [-0.1, -0.05) is 41.0 Å². The fraction of sp³-hybridized carbons (Fsp3) is 1.00. The van der Waals surface area contributed by atoms with Crippen molar-refractivity contribution in [3.05, 3.63) is 0 Å². The largest absolute Gasteiger partial charge is 0.500 e. The normalized spacial score (nSPS) is 12.0. The Labute approximate surface area is 177 Å². The van der Waals surface area contributed by atoms with Crippen LogP contribution in [0.2, 0.25) is 12.1 Å². The molecular formula is C20H48O6Si2. The van der Waals surface area contributed by atoms with Crippen LogP contribution in [0.5, 0.6) is 0 Å². The van der Waals surface area contributed by atoms with Crippen LogP contribution >= 0.6 is 0 Å². The molecule has 0 heterocycles. The van der Waals surface area contributed by atoms with E-state index in [4.69, 9.17) is 26.6 Å². The van der Waals surface area contributed by atoms with Crippen molar-refractivity contribution in [2.75, 3.05) is 39.6 Å². The molecule has 0 fully saturated rings. The van der Waals surface area contributed by atoms with Crippen molar-refractivity contribution in [3.63, 3.8) is 0 Å². The van der Waals surface area contributed by atoms with Gasteiger partial charge in [0.1, 0.15) is 0 Å². The first kappa shape index (κ1) is 30.4. The second-order valence-corrected chi connectivity index (χ2v) is 12.0. The predicted molar refractivity (Wildman–Crippen MR) is 121 cm³/mol. The van der Waals surface area contributed by atoms with E-state index in [-0.39, 0.29) is 0 Å². The van der Waals surface area contributed by atoms with Gasteiger partial charge in [0.15, 0.2) is 0 Å². The minimum absolute atomic E-state index is 0.673. The van der Waals surface area contributed by atoms with Crippen molar-refractivity contribution in [1.82, 2.24) is 0 Å². The molecule has 0 unspecified atom stereocenters. The molecule has 0 aliphatic carbocycles. The topological polar surface area (TPSA) is 55.4 Å². The van der Waals surface area contributed by atoms with Gasteiger partial charge in [-0.2, -0.15) is 0 Å². The van der Waals surface area contributed by atoms with E-state index in [0.717, 1.165) is 57.6 Å². The van der Waals surface area contributed by atoms with E-state index in [9.17, 15) is 0 Å². The van der Waals surface area contributed by atoms with E-state index in [1.807, 2.05) is 20.8 Å². The summed E-state index contributed by atoms with van der Waals surface area (Å²) in [5.41, 5.74) is 0. The highest BCUT2D eigenvalue weighted by Crippen LogP contribution is 2.18. The van der Waals surface area contributed by atoms with Gasteiger partial charge >= 0.3 is 17.6 Å². The fourth-order valence-corrected chi connectivity index (χ4v) is 7.53. The van der Waals surface area contributed by atoms with Crippen molar-refractivity contribution < 1.29 is 26.6 Å². The summed E-state index contributed by atoms with van der Waals surface area (Å²) in [6.07, 6.45) is 4.09. The van der Waals surface area contributed by atoms with Crippen molar-refractivity contribution in [2.45, 2.75) is 93.2 Å². The van der Waals surface area contributed by atoms with Gasteiger partial charge in [-0.05, 0) is 40.0 Å². The first-order valence-corrected chi connectivity index (χ1v) is 15.2. The van der Waals surface area contributed by atoms with Crippen LogP contribution < -0.4 is 0 Å². The lowest BCUT2D eigenvalue weighted by molar-refractivity contribution is 0.0603. The van der Waals surface area contributed by atoms with E-state index >= 15 is 0 Å². The molecule has 0 rings (SSSR count). The molecule has 0 aromatic rings. The van der Waals surface area contributed by atoms with Crippen LogP contribution in [0.3, 0.4) is 0 Å². The molecule has 172 valence electrons. The fourth-order valence-electron chi connectivity index (χ4n) is 2.51. The van der Waals surface area contributed by atoms with Gasteiger partial charge in [0.2, 0.25) is 0 Å². The summed E-state index contributed by atoms with van der Waals surface area (Å²) >= 11 is 0. The monoisotopic (exact) mass is 440 g/mol. The maximum absolute atomic E-state index is 5.83. The summed E-state index contributed by atoms with van der Waals surface area (Å²) in [5, 5.41) is 0. The molecule has 0 amide bonds. The maximum atomic E-state index is 5.83. The van der Waals surface area contributed by atoms with Crippen LogP contribution in [-0.4, -0.2) is 57.3 Å². The zero-order valence-electron chi connectivity index (χ0n) is 19.9. The van der Waals surface area contributed by atoms with E-state index in [2.05, 4.69) is 34.6 Å². The molecule has 0 N–H and O–H groups in total. The van der Waals surface area contributed by atoms with Gasteiger partial charge in [-0.25, -0.2) is 0 Å². The van der Waals surface area contributed by atoms with Crippen LogP contribution in [-0.2, 0) is 26.6 Å². The molecular weight excluding hydrogens is 392 g/mol. The summed E-state index contributed by atoms with van der Waals surface area (Å²) in [7, 11) is -4.63. The highest BCUT2D eigenvalue weighted by atomic mass is 28.4. The molecule has 0 spiro atoms. The standard InChI is InChI=1S/C11H26O3Si.C9H22O3Si/c1-5-9-12-15(8-4,13-10-6-2)14-11-7-3;1-5-9-13(10-6-2,11-7-3)12-8-4/h5-11H2,1-4H3;5-9H2,1-4H3. The molecule has 8 heteroatoms. The van der Waals surface area contributed by atoms with E-state index in [0.29, 0.717) is 19.8 Å². The minimum atomic E-state index is -2.33. The highest BCUT2D eigenvalue weighted by molar-refractivity contribution is 6.61. The Morgan fingerprint density at radius 2 is 0.786 bits per heavy atom. The van der Waals surface area contributed by atoms with Crippen LogP contribution in [0.15, 0.2) is 0 Å². The van der Waals surface area contributed by atoms with Crippen molar-refractivity contribution in [1.29, 1.82) is 0 Å². The van der Waals surface area contributed by atoms with Gasteiger partial charge in [0, 0.05) is 51.7 Å². The van der Waals surface area contributed by atoms with Gasteiger partial charge in [-0.3, -0.25) is 0 Å². The molecule has 0 saturated heterocycles. The zero-order valence-corrected chi connectivity index (χ0v) is 21.9. The average molecular weight is 441 g/mol. The first-order valence-electron chi connectivity index (χ1n) is 11.3. The minimum Gasteiger partial charge on any atom is -0.374 e. The quantitative estimate of drug-likeness (QED) is 0.256. The maximum Gasteiger partial charge on any atom is 0.500 e. The lowest BCUT2D eigenvalue weighted by Gasteiger charge is -2.28. The molecule has 0 aliphatic rings. The number of hydrogen-bond acceptors (Lipinski definition) is 6. The van der Waals surface area contributed by atoms with Gasteiger partial charge < -0.3 is 26.6 Å². The molecule has 0 aromatic heterocycles. The summed E-state index contributed by atoms with van der Waals surface area (Å²) < 4.78 is 34.4. The molecule has 6 nitrogen and oxygen atoms in total. The van der Waals surface area contributed by atoms with Crippen LogP contribution in [0.1, 0.15) is 81.1 Å². The first-order chi connectivity index (χ1) is 13.5. The summed E-state index contributed by atoms with van der Waals surface area (Å²) in [6.45, 7) is 20.7. The highest BCUT2D eigenvalue weighted by Gasteiger charge is 2.39. The molecule has 0 saturated carbocycles. The number of rotatable bonds is 18. The second kappa shape index (κ2) is 20.5. The van der Waals surface area contributed by atoms with E-state index in [1.165, 1.54) is 0 Å². The molecule has 0 aliphatic heterocycles. The molecule has 0 bridgehead atoms. The second-order valence-electron chi connectivity index (χ2n) is 6.31. The van der Waals surface area contributed by atoms with Crippen molar-refractivity contribution in [2.24, 2.45) is 0 Å². The Morgan fingerprint density at radius 3 is 1.00 bits per heavy atom. The van der Waals surface area contributed by atoms with Gasteiger partial charge in [0.25, 0.3) is 0 Å². The Bertz CT molecular complexity index is 270. The Morgan fingerprint density at radius 1 is 0.429 bits per heavy atom. The van der Waals surface area contributed by atoms with Crippen molar-refractivity contribution >= 4 is 17.6 Å². The van der Waals surface area contributed by atoms with Gasteiger partial charge in [-0.15, -0.1) is 0 Å². The SMILES string of the molecule is CCCO[Si](CC)(OCCC)OCCC.CCC[Si](OCC)(OCC)OCC. The predicted octanol–water partition coefficient (Wildman–Crippen LogP) is 5.67. The van der Waals surface area contributed by atoms with Gasteiger partial charge in [0.05, 0.1) is 0 Å². The third kappa shape index (κ3) is 14.2. The summed E-state index contributed by atoms with van der Waals surface area (Å²) in [6, 6.07) is 1.79. The smallest absolute Gasteiger partial charge is 0.374 e. The summed E-state index contributed by atoms with van der Waals surface area (Å²) in [4.78, 5) is 0. The summed E-state index contributed by atoms with van der Waals surface area (Å²) in [5.74, 6) is 0. The van der Waals surface area contributed by atoms with Crippen LogP contribution in [0.25, 0.3) is 0 Å². The Kier molecular flexibility index (Phi) is 22.2. The third-order valence-electron chi connectivity index (χ3n) is 3.66. The van der Waals surface area contributed by atoms with Crippen molar-refractivity contribution in [3.8, 4) is 0 Å². The molecule has 0 radical (unpaired) electrons. The zero-order chi connectivity index (χ0) is 21.7. The Balaban J connectivity index is 0. The third-order valence-corrected chi connectivity index (χ3v) is 9.76. The lowest BCUT2D eigenvalue weighted by Crippen LogP contribution is -2.45. The molecule has 0 atom stereocenters. The molecule has 28 heavy (non-hydrogen) atoms. The van der Waals surface area contributed by atoms with Crippen LogP contribution in [0, 0.1) is 0 Å². The van der Waals surface area contributed by atoms with Crippen LogP contribution in [0.4, 0.5) is 0 Å².